The van der Waals surface area contributed by atoms with Gasteiger partial charge in [0.15, 0.2) is 0 Å². The molecule has 128 valence electrons. The van der Waals surface area contributed by atoms with E-state index in [9.17, 15) is 18.4 Å². The number of amides is 2. The van der Waals surface area contributed by atoms with Crippen LogP contribution < -0.4 is 4.90 Å². The summed E-state index contributed by atoms with van der Waals surface area (Å²) >= 11 is 7.08. The Morgan fingerprint density at radius 1 is 1.04 bits per heavy atom. The number of carbonyl (C=O) groups is 2. The highest BCUT2D eigenvalue weighted by Crippen LogP contribution is 2.39. The largest absolute Gasteiger partial charge is 0.272 e. The smallest absolute Gasteiger partial charge is 0.268 e. The summed E-state index contributed by atoms with van der Waals surface area (Å²) in [5.41, 5.74) is 0.440. The minimum atomic E-state index is -0.972. The van der Waals surface area contributed by atoms with Crippen molar-refractivity contribution >= 4 is 46.4 Å². The molecule has 3 nitrogen and oxygen atoms in total. The number of halogens is 3. The number of anilines is 1. The number of benzene rings is 2. The third-order valence-corrected chi connectivity index (χ3v) is 4.82. The first-order chi connectivity index (χ1) is 11.9. The predicted molar refractivity (Wildman–Crippen MR) is 95.4 cm³/mol. The molecule has 2 aromatic carbocycles. The lowest BCUT2D eigenvalue weighted by atomic mass is 10.1. The summed E-state index contributed by atoms with van der Waals surface area (Å²) in [6.45, 7) is 1.84. The molecule has 0 unspecified atom stereocenters. The van der Waals surface area contributed by atoms with Gasteiger partial charge in [-0.25, -0.2) is 13.7 Å². The van der Waals surface area contributed by atoms with E-state index in [0.29, 0.717) is 22.4 Å². The minimum absolute atomic E-state index is 0.192. The second-order valence-corrected chi connectivity index (χ2v) is 6.90. The van der Waals surface area contributed by atoms with E-state index in [4.69, 9.17) is 11.6 Å². The fourth-order valence-electron chi connectivity index (χ4n) is 2.54. The number of rotatable bonds is 4. The van der Waals surface area contributed by atoms with Gasteiger partial charge in [-0.3, -0.25) is 9.59 Å². The summed E-state index contributed by atoms with van der Waals surface area (Å²) in [5, 5.41) is 0.493. The Balaban J connectivity index is 2.11. The molecule has 25 heavy (non-hydrogen) atoms. The molecule has 0 bridgehead atoms. The van der Waals surface area contributed by atoms with Gasteiger partial charge >= 0.3 is 0 Å². The van der Waals surface area contributed by atoms with Crippen molar-refractivity contribution in [1.82, 2.24) is 0 Å². The average molecular weight is 380 g/mol. The highest BCUT2D eigenvalue weighted by atomic mass is 35.5. The number of hydrogen-bond donors (Lipinski definition) is 0. The Bertz CT molecular complexity index is 896. The first-order valence-corrected chi connectivity index (χ1v) is 8.77. The van der Waals surface area contributed by atoms with E-state index in [2.05, 4.69) is 0 Å². The van der Waals surface area contributed by atoms with Crippen molar-refractivity contribution in [3.63, 3.8) is 0 Å². The summed E-state index contributed by atoms with van der Waals surface area (Å²) in [4.78, 5) is 26.6. The third-order valence-electron chi connectivity index (χ3n) is 3.61. The average Bonchev–Trinajstić information content (AvgIpc) is 2.80. The lowest BCUT2D eigenvalue weighted by molar-refractivity contribution is -0.119. The van der Waals surface area contributed by atoms with Crippen molar-refractivity contribution in [2.75, 3.05) is 10.7 Å². The van der Waals surface area contributed by atoms with Gasteiger partial charge in [-0.15, -0.1) is 11.8 Å². The Kier molecular flexibility index (Phi) is 4.92. The summed E-state index contributed by atoms with van der Waals surface area (Å²) in [7, 11) is 0. The first kappa shape index (κ1) is 17.6. The van der Waals surface area contributed by atoms with Crippen LogP contribution in [0.5, 0.6) is 0 Å². The van der Waals surface area contributed by atoms with Gasteiger partial charge in [-0.2, -0.15) is 0 Å². The van der Waals surface area contributed by atoms with Crippen molar-refractivity contribution in [3.8, 4) is 0 Å². The molecule has 0 saturated carbocycles. The molecule has 3 rings (SSSR count). The van der Waals surface area contributed by atoms with Crippen molar-refractivity contribution in [3.05, 3.63) is 69.6 Å². The van der Waals surface area contributed by atoms with Gasteiger partial charge in [0, 0.05) is 11.1 Å². The fraction of sp³-hybridized carbons (Fsp3) is 0.111. The molecular formula is C18H12ClF2NO2S. The van der Waals surface area contributed by atoms with E-state index < -0.39 is 23.4 Å². The Morgan fingerprint density at radius 3 is 2.32 bits per heavy atom. The van der Waals surface area contributed by atoms with Crippen LogP contribution in [-0.2, 0) is 9.59 Å². The van der Waals surface area contributed by atoms with Crippen LogP contribution in [0.2, 0.25) is 5.02 Å². The monoisotopic (exact) mass is 379 g/mol. The predicted octanol–water partition coefficient (Wildman–Crippen LogP) is 4.66. The molecule has 0 aromatic heterocycles. The maximum atomic E-state index is 14.1. The normalized spacial score (nSPS) is 14.6. The molecule has 2 amide bonds. The van der Waals surface area contributed by atoms with Crippen molar-refractivity contribution < 1.29 is 18.4 Å². The minimum Gasteiger partial charge on any atom is -0.268 e. The summed E-state index contributed by atoms with van der Waals surface area (Å²) in [6, 6.07) is 9.20. The van der Waals surface area contributed by atoms with Crippen molar-refractivity contribution in [2.24, 2.45) is 0 Å². The van der Waals surface area contributed by atoms with Crippen LogP contribution in [0.15, 0.2) is 47.4 Å². The molecule has 0 atom stereocenters. The van der Waals surface area contributed by atoms with E-state index in [1.807, 2.05) is 6.92 Å². The molecule has 0 fully saturated rings. The van der Waals surface area contributed by atoms with Gasteiger partial charge in [0.05, 0.1) is 16.2 Å². The molecular weight excluding hydrogens is 368 g/mol. The van der Waals surface area contributed by atoms with Crippen LogP contribution in [0.4, 0.5) is 14.5 Å². The number of thioether (sulfide) groups is 1. The van der Waals surface area contributed by atoms with Gasteiger partial charge in [0.2, 0.25) is 0 Å². The van der Waals surface area contributed by atoms with Gasteiger partial charge in [-0.05, 0) is 35.6 Å². The van der Waals surface area contributed by atoms with Gasteiger partial charge in [0.25, 0.3) is 11.8 Å². The maximum Gasteiger partial charge on any atom is 0.272 e. The Labute approximate surface area is 152 Å². The molecule has 0 aliphatic carbocycles. The zero-order chi connectivity index (χ0) is 18.1. The zero-order valence-corrected chi connectivity index (χ0v) is 14.6. The van der Waals surface area contributed by atoms with Crippen LogP contribution in [0.25, 0.3) is 5.57 Å². The first-order valence-electron chi connectivity index (χ1n) is 7.41. The maximum absolute atomic E-state index is 14.1. The quantitative estimate of drug-likeness (QED) is 0.725. The standard InChI is InChI=1S/C18H12ClF2NO2S/c1-2-25-16-15(10-3-5-11(19)6-4-10)17(23)22(18(16)24)14-8-7-12(20)9-13(14)21/h3-9H,2H2,1H3. The topological polar surface area (TPSA) is 37.4 Å². The van der Waals surface area contributed by atoms with E-state index in [-0.39, 0.29) is 16.2 Å². The summed E-state index contributed by atoms with van der Waals surface area (Å²) in [5.74, 6) is -2.46. The van der Waals surface area contributed by atoms with Crippen LogP contribution in [0.1, 0.15) is 12.5 Å². The number of nitrogens with zero attached hydrogens (tertiary/aromatic N) is 1. The lowest BCUT2D eigenvalue weighted by Gasteiger charge is -2.16. The van der Waals surface area contributed by atoms with Crippen LogP contribution >= 0.6 is 23.4 Å². The number of carbonyl (C=O) groups excluding carboxylic acids is 2. The van der Waals surface area contributed by atoms with Gasteiger partial charge < -0.3 is 0 Å². The second-order valence-electron chi connectivity index (χ2n) is 5.19. The van der Waals surface area contributed by atoms with E-state index in [0.717, 1.165) is 17.0 Å². The molecule has 7 heteroatoms. The lowest BCUT2D eigenvalue weighted by Crippen LogP contribution is -2.32. The third kappa shape index (κ3) is 3.19. The van der Waals surface area contributed by atoms with Gasteiger partial charge in [0.1, 0.15) is 11.6 Å². The molecule has 0 spiro atoms. The van der Waals surface area contributed by atoms with Crippen LogP contribution in [-0.4, -0.2) is 17.6 Å². The Hall–Kier alpha value is -2.18. The van der Waals surface area contributed by atoms with Crippen LogP contribution in [0.3, 0.4) is 0 Å². The Morgan fingerprint density at radius 2 is 1.72 bits per heavy atom. The number of imide groups is 1. The SMILES string of the molecule is CCSC1=C(c2ccc(Cl)cc2)C(=O)N(c2ccc(F)cc2F)C1=O. The van der Waals surface area contributed by atoms with Crippen LogP contribution in [0, 0.1) is 11.6 Å². The molecule has 0 radical (unpaired) electrons. The summed E-state index contributed by atoms with van der Waals surface area (Å²) in [6.07, 6.45) is 0. The molecule has 2 aromatic rings. The van der Waals surface area contributed by atoms with E-state index >= 15 is 0 Å². The molecule has 0 N–H and O–H groups in total. The fourth-order valence-corrected chi connectivity index (χ4v) is 3.52. The highest BCUT2D eigenvalue weighted by Gasteiger charge is 2.41. The van der Waals surface area contributed by atoms with Crippen molar-refractivity contribution in [2.45, 2.75) is 6.92 Å². The summed E-state index contributed by atoms with van der Waals surface area (Å²) < 4.78 is 27.3. The molecule has 1 aliphatic rings. The van der Waals surface area contributed by atoms with E-state index in [1.54, 1.807) is 24.3 Å². The second kappa shape index (κ2) is 6.98. The van der Waals surface area contributed by atoms with Crippen molar-refractivity contribution in [1.29, 1.82) is 0 Å². The molecule has 1 aliphatic heterocycles. The molecule has 1 heterocycles. The van der Waals surface area contributed by atoms with Gasteiger partial charge in [-0.1, -0.05) is 30.7 Å². The van der Waals surface area contributed by atoms with E-state index in [1.165, 1.54) is 11.8 Å². The number of hydrogen-bond acceptors (Lipinski definition) is 3. The zero-order valence-electron chi connectivity index (χ0n) is 13.1. The highest BCUT2D eigenvalue weighted by molar-refractivity contribution is 8.04. The molecule has 0 saturated heterocycles.